The molecule has 0 radical (unpaired) electrons. The van der Waals surface area contributed by atoms with E-state index in [0.717, 1.165) is 19.4 Å². The number of aromatic nitrogens is 2. The zero-order valence-corrected chi connectivity index (χ0v) is 12.5. The number of hydrogen-bond donors (Lipinski definition) is 2. The Morgan fingerprint density at radius 3 is 2.76 bits per heavy atom. The molecule has 1 unspecified atom stereocenters. The van der Waals surface area contributed by atoms with Gasteiger partial charge >= 0.3 is 0 Å². The molecule has 1 heterocycles. The van der Waals surface area contributed by atoms with Crippen LogP contribution < -0.4 is 5.73 Å². The second-order valence-electron chi connectivity index (χ2n) is 5.50. The second-order valence-corrected chi connectivity index (χ2v) is 5.50. The van der Waals surface area contributed by atoms with Gasteiger partial charge in [0.25, 0.3) is 0 Å². The number of anilines is 1. The van der Waals surface area contributed by atoms with Gasteiger partial charge in [0.1, 0.15) is 0 Å². The summed E-state index contributed by atoms with van der Waals surface area (Å²) in [6, 6.07) is 10.5. The van der Waals surface area contributed by atoms with Crippen molar-refractivity contribution >= 4 is 5.69 Å². The van der Waals surface area contributed by atoms with Crippen LogP contribution >= 0.6 is 0 Å². The first kappa shape index (κ1) is 15.5. The van der Waals surface area contributed by atoms with Crippen molar-refractivity contribution in [2.24, 2.45) is 0 Å². The lowest BCUT2D eigenvalue weighted by atomic mass is 10.1. The standard InChI is InChI=1S/C16H24N4O/c1-19(9-5-8-14-6-3-2-4-7-14)12-16(21)13-20-11-15(17)10-18-20/h2-4,6-7,10-11,16,21H,5,8-9,12-13,17H2,1H3. The van der Waals surface area contributed by atoms with Crippen LogP contribution in [0.15, 0.2) is 42.7 Å². The zero-order valence-electron chi connectivity index (χ0n) is 12.5. The average Bonchev–Trinajstić information content (AvgIpc) is 2.85. The number of likely N-dealkylation sites (N-methyl/N-ethyl adjacent to an activating group) is 1. The summed E-state index contributed by atoms with van der Waals surface area (Å²) in [6.07, 6.45) is 5.04. The Kier molecular flexibility index (Phi) is 5.78. The molecule has 0 amide bonds. The number of aryl methyl sites for hydroxylation is 1. The smallest absolute Gasteiger partial charge is 0.0862 e. The van der Waals surface area contributed by atoms with Gasteiger partial charge in [0.15, 0.2) is 0 Å². The summed E-state index contributed by atoms with van der Waals surface area (Å²) in [7, 11) is 2.03. The van der Waals surface area contributed by atoms with Crippen LogP contribution in [0.1, 0.15) is 12.0 Å². The van der Waals surface area contributed by atoms with Crippen LogP contribution in [0.3, 0.4) is 0 Å². The number of benzene rings is 1. The van der Waals surface area contributed by atoms with Crippen molar-refractivity contribution in [2.45, 2.75) is 25.5 Å². The van der Waals surface area contributed by atoms with E-state index in [4.69, 9.17) is 5.73 Å². The van der Waals surface area contributed by atoms with Gasteiger partial charge in [-0.1, -0.05) is 30.3 Å². The fourth-order valence-corrected chi connectivity index (χ4v) is 2.40. The van der Waals surface area contributed by atoms with Gasteiger partial charge in [-0.3, -0.25) is 4.68 Å². The molecule has 1 aromatic heterocycles. The van der Waals surface area contributed by atoms with Crippen LogP contribution in [0.4, 0.5) is 5.69 Å². The second kappa shape index (κ2) is 7.81. The molecule has 21 heavy (non-hydrogen) atoms. The quantitative estimate of drug-likeness (QED) is 0.770. The summed E-state index contributed by atoms with van der Waals surface area (Å²) < 4.78 is 1.68. The first-order valence-electron chi connectivity index (χ1n) is 7.32. The summed E-state index contributed by atoms with van der Waals surface area (Å²) in [6.45, 7) is 2.07. The van der Waals surface area contributed by atoms with Gasteiger partial charge in [0.05, 0.1) is 24.5 Å². The minimum absolute atomic E-state index is 0.439. The first-order valence-corrected chi connectivity index (χ1v) is 7.32. The highest BCUT2D eigenvalue weighted by Gasteiger charge is 2.09. The predicted octanol–water partition coefficient (Wildman–Crippen LogP) is 1.39. The van der Waals surface area contributed by atoms with E-state index in [1.165, 1.54) is 5.56 Å². The molecule has 0 spiro atoms. The van der Waals surface area contributed by atoms with Crippen molar-refractivity contribution in [1.29, 1.82) is 0 Å². The maximum Gasteiger partial charge on any atom is 0.0862 e. The molecule has 0 aliphatic rings. The lowest BCUT2D eigenvalue weighted by molar-refractivity contribution is 0.106. The molecule has 3 N–H and O–H groups in total. The van der Waals surface area contributed by atoms with E-state index in [-0.39, 0.29) is 0 Å². The highest BCUT2D eigenvalue weighted by atomic mass is 16.3. The van der Waals surface area contributed by atoms with Gasteiger partial charge in [-0.15, -0.1) is 0 Å². The zero-order chi connectivity index (χ0) is 15.1. The Morgan fingerprint density at radius 1 is 1.33 bits per heavy atom. The van der Waals surface area contributed by atoms with Crippen molar-refractivity contribution < 1.29 is 5.11 Å². The van der Waals surface area contributed by atoms with Crippen molar-refractivity contribution in [3.63, 3.8) is 0 Å². The van der Waals surface area contributed by atoms with Crippen LogP contribution in [0.25, 0.3) is 0 Å². The Hall–Kier alpha value is -1.85. The van der Waals surface area contributed by atoms with E-state index in [9.17, 15) is 5.11 Å². The Labute approximate surface area is 126 Å². The minimum atomic E-state index is -0.439. The molecule has 0 saturated carbocycles. The molecule has 2 rings (SSSR count). The topological polar surface area (TPSA) is 67.3 Å². The van der Waals surface area contributed by atoms with Crippen LogP contribution in [0.2, 0.25) is 0 Å². The van der Waals surface area contributed by atoms with Crippen LogP contribution in [-0.2, 0) is 13.0 Å². The van der Waals surface area contributed by atoms with E-state index in [1.54, 1.807) is 17.1 Å². The predicted molar refractivity (Wildman–Crippen MR) is 84.9 cm³/mol. The number of aliphatic hydroxyl groups is 1. The summed E-state index contributed by atoms with van der Waals surface area (Å²) in [5.74, 6) is 0. The molecular weight excluding hydrogens is 264 g/mol. The fraction of sp³-hybridized carbons (Fsp3) is 0.438. The summed E-state index contributed by atoms with van der Waals surface area (Å²) in [5, 5.41) is 14.1. The molecule has 114 valence electrons. The van der Waals surface area contributed by atoms with Gasteiger partial charge in [-0.25, -0.2) is 0 Å². The highest BCUT2D eigenvalue weighted by Crippen LogP contribution is 2.04. The molecule has 1 aromatic carbocycles. The molecule has 0 aliphatic carbocycles. The monoisotopic (exact) mass is 288 g/mol. The molecule has 0 aliphatic heterocycles. The van der Waals surface area contributed by atoms with E-state index in [2.05, 4.69) is 34.3 Å². The maximum atomic E-state index is 10.1. The first-order chi connectivity index (χ1) is 10.1. The largest absolute Gasteiger partial charge is 0.396 e. The highest BCUT2D eigenvalue weighted by molar-refractivity contribution is 5.30. The van der Waals surface area contributed by atoms with Gasteiger partial charge in [0.2, 0.25) is 0 Å². The SMILES string of the molecule is CN(CCCc1ccccc1)CC(O)Cn1cc(N)cn1. The molecule has 1 atom stereocenters. The summed E-state index contributed by atoms with van der Waals surface area (Å²) >= 11 is 0. The molecule has 2 aromatic rings. The molecule has 0 saturated heterocycles. The maximum absolute atomic E-state index is 10.1. The van der Waals surface area contributed by atoms with Crippen molar-refractivity contribution in [2.75, 3.05) is 25.9 Å². The van der Waals surface area contributed by atoms with Crippen molar-refractivity contribution in [1.82, 2.24) is 14.7 Å². The molecule has 5 heteroatoms. The Balaban J connectivity index is 1.65. The number of nitrogens with two attached hydrogens (primary N) is 1. The summed E-state index contributed by atoms with van der Waals surface area (Å²) in [5.41, 5.74) is 7.58. The van der Waals surface area contributed by atoms with Crippen LogP contribution in [-0.4, -0.2) is 46.0 Å². The summed E-state index contributed by atoms with van der Waals surface area (Å²) in [4.78, 5) is 2.15. The third-order valence-electron chi connectivity index (χ3n) is 3.42. The van der Waals surface area contributed by atoms with Crippen molar-refractivity contribution in [3.8, 4) is 0 Å². The lowest BCUT2D eigenvalue weighted by Crippen LogP contribution is -2.33. The number of nitrogens with zero attached hydrogens (tertiary/aromatic N) is 3. The van der Waals surface area contributed by atoms with E-state index < -0.39 is 6.10 Å². The van der Waals surface area contributed by atoms with E-state index >= 15 is 0 Å². The van der Waals surface area contributed by atoms with Gasteiger partial charge in [-0.2, -0.15) is 5.10 Å². The van der Waals surface area contributed by atoms with E-state index in [0.29, 0.717) is 18.8 Å². The van der Waals surface area contributed by atoms with Gasteiger partial charge in [-0.05, 0) is 32.0 Å². The number of hydrogen-bond acceptors (Lipinski definition) is 4. The third-order valence-corrected chi connectivity index (χ3v) is 3.42. The molecule has 5 nitrogen and oxygen atoms in total. The molecular formula is C16H24N4O. The van der Waals surface area contributed by atoms with Gasteiger partial charge < -0.3 is 15.7 Å². The van der Waals surface area contributed by atoms with Gasteiger partial charge in [0, 0.05) is 12.7 Å². The minimum Gasteiger partial charge on any atom is -0.396 e. The lowest BCUT2D eigenvalue weighted by Gasteiger charge is -2.20. The fourth-order valence-electron chi connectivity index (χ4n) is 2.40. The number of aliphatic hydroxyl groups excluding tert-OH is 1. The Morgan fingerprint density at radius 2 is 2.10 bits per heavy atom. The number of nitrogen functional groups attached to an aromatic ring is 1. The average molecular weight is 288 g/mol. The Bertz CT molecular complexity index is 526. The molecule has 0 bridgehead atoms. The molecule has 0 fully saturated rings. The third kappa shape index (κ3) is 5.57. The normalized spacial score (nSPS) is 12.7. The van der Waals surface area contributed by atoms with Crippen molar-refractivity contribution in [3.05, 3.63) is 48.3 Å². The van der Waals surface area contributed by atoms with Crippen LogP contribution in [0.5, 0.6) is 0 Å². The van der Waals surface area contributed by atoms with Crippen LogP contribution in [0, 0.1) is 0 Å². The van der Waals surface area contributed by atoms with E-state index in [1.807, 2.05) is 13.1 Å². The number of rotatable bonds is 8.